The van der Waals surface area contributed by atoms with E-state index in [0.717, 1.165) is 18.6 Å². The highest BCUT2D eigenvalue weighted by molar-refractivity contribution is 5.92. The van der Waals surface area contributed by atoms with Crippen LogP contribution in [0, 0.1) is 6.92 Å². The number of benzene rings is 1. The Kier molecular flexibility index (Phi) is 7.87. The summed E-state index contributed by atoms with van der Waals surface area (Å²) < 4.78 is 51.0. The molecule has 0 aliphatic carbocycles. The average molecular weight is 411 g/mol. The third-order valence-electron chi connectivity index (χ3n) is 4.48. The number of para-hydroxylation sites is 1. The maximum atomic E-state index is 13.7. The van der Waals surface area contributed by atoms with Crippen LogP contribution in [-0.2, 0) is 9.53 Å². The van der Waals surface area contributed by atoms with Crippen molar-refractivity contribution in [1.29, 1.82) is 0 Å². The Balaban J connectivity index is 2.01. The molecule has 8 heteroatoms. The molecule has 1 heterocycles. The first-order valence-corrected chi connectivity index (χ1v) is 9.41. The van der Waals surface area contributed by atoms with Crippen LogP contribution in [0.5, 0.6) is 0 Å². The van der Waals surface area contributed by atoms with Gasteiger partial charge in [0.15, 0.2) is 0 Å². The summed E-state index contributed by atoms with van der Waals surface area (Å²) in [6.07, 6.45) is -0.543. The molecule has 5 nitrogen and oxygen atoms in total. The fourth-order valence-electron chi connectivity index (χ4n) is 3.05. The summed E-state index contributed by atoms with van der Waals surface area (Å²) in [6.45, 7) is 4.98. The van der Waals surface area contributed by atoms with Gasteiger partial charge in [0.25, 0.3) is 0 Å². The minimum absolute atomic E-state index is 0.165. The molecule has 0 aliphatic heterocycles. The Hall–Kier alpha value is -2.77. The summed E-state index contributed by atoms with van der Waals surface area (Å²) in [7, 11) is 0. The fraction of sp³-hybridized carbons (Fsp3) is 0.429. The second kappa shape index (κ2) is 10.1. The van der Waals surface area contributed by atoms with Gasteiger partial charge in [0.2, 0.25) is 0 Å². The summed E-state index contributed by atoms with van der Waals surface area (Å²) >= 11 is 0. The van der Waals surface area contributed by atoms with Gasteiger partial charge in [-0.3, -0.25) is 4.90 Å². The van der Waals surface area contributed by atoms with Crippen molar-refractivity contribution in [3.8, 4) is 0 Å². The highest BCUT2D eigenvalue weighted by atomic mass is 19.4. The van der Waals surface area contributed by atoms with Crippen molar-refractivity contribution in [3.05, 3.63) is 52.9 Å². The molecule has 158 valence electrons. The van der Waals surface area contributed by atoms with E-state index in [0.29, 0.717) is 36.1 Å². The molecule has 0 aliphatic rings. The van der Waals surface area contributed by atoms with E-state index in [4.69, 9.17) is 9.15 Å². The van der Waals surface area contributed by atoms with Gasteiger partial charge in [0, 0.05) is 24.1 Å². The Morgan fingerprint density at radius 3 is 2.59 bits per heavy atom. The van der Waals surface area contributed by atoms with Gasteiger partial charge < -0.3 is 9.15 Å². The van der Waals surface area contributed by atoms with Gasteiger partial charge in [-0.1, -0.05) is 38.0 Å². The Labute approximate surface area is 166 Å². The molecule has 0 unspecified atom stereocenters. The number of fused-ring (bicyclic) bond motifs is 1. The zero-order valence-electron chi connectivity index (χ0n) is 16.3. The molecule has 0 saturated heterocycles. The minimum atomic E-state index is -4.62. The number of carbonyl (C=O) groups is 1. The van der Waals surface area contributed by atoms with E-state index in [1.54, 1.807) is 19.1 Å². The van der Waals surface area contributed by atoms with Gasteiger partial charge in [-0.25, -0.2) is 9.59 Å². The zero-order chi connectivity index (χ0) is 21.4. The van der Waals surface area contributed by atoms with Gasteiger partial charge in [-0.05, 0) is 31.4 Å². The summed E-state index contributed by atoms with van der Waals surface area (Å²) in [5, 5.41) is 0.256. The standard InChI is InChI=1S/C21H24F3NO4/c1-3-18(26)28-13-8-6-4-5-7-12-25(21(22,23)24)17-14-19(27)29-20-15(2)10-9-11-16(17)20/h3,9-11,14H,1,4-8,12-13H2,2H3. The Bertz CT molecular complexity index is 905. The highest BCUT2D eigenvalue weighted by Gasteiger charge is 2.38. The van der Waals surface area contributed by atoms with Crippen LogP contribution in [0.25, 0.3) is 11.0 Å². The maximum Gasteiger partial charge on any atom is 0.484 e. The van der Waals surface area contributed by atoms with Gasteiger partial charge in [-0.2, -0.15) is 13.2 Å². The molecule has 0 atom stereocenters. The summed E-state index contributed by atoms with van der Waals surface area (Å²) in [5.74, 6) is -0.486. The molecule has 1 aromatic carbocycles. The second-order valence-corrected chi connectivity index (χ2v) is 6.66. The molecule has 0 N–H and O–H groups in total. The molecule has 2 rings (SSSR count). The second-order valence-electron chi connectivity index (χ2n) is 6.66. The third-order valence-corrected chi connectivity index (χ3v) is 4.48. The predicted molar refractivity (Wildman–Crippen MR) is 105 cm³/mol. The van der Waals surface area contributed by atoms with Crippen molar-refractivity contribution in [3.63, 3.8) is 0 Å². The lowest BCUT2D eigenvalue weighted by Crippen LogP contribution is -2.39. The molecule has 0 saturated carbocycles. The van der Waals surface area contributed by atoms with Crippen molar-refractivity contribution in [2.75, 3.05) is 18.1 Å². The number of ether oxygens (including phenoxy) is 1. The van der Waals surface area contributed by atoms with E-state index in [1.165, 1.54) is 6.07 Å². The average Bonchev–Trinajstić information content (AvgIpc) is 2.66. The molecule has 0 amide bonds. The number of hydrogen-bond acceptors (Lipinski definition) is 5. The lowest BCUT2D eigenvalue weighted by Gasteiger charge is -2.27. The quantitative estimate of drug-likeness (QED) is 0.179. The number of aryl methyl sites for hydroxylation is 1. The van der Waals surface area contributed by atoms with Crippen molar-refractivity contribution < 1.29 is 27.1 Å². The molecular formula is C21H24F3NO4. The van der Waals surface area contributed by atoms with Gasteiger partial charge in [0.1, 0.15) is 5.58 Å². The number of halogens is 3. The largest absolute Gasteiger partial charge is 0.484 e. The van der Waals surface area contributed by atoms with E-state index >= 15 is 0 Å². The van der Waals surface area contributed by atoms with Crippen molar-refractivity contribution in [2.24, 2.45) is 0 Å². The molecule has 29 heavy (non-hydrogen) atoms. The van der Waals surface area contributed by atoms with Crippen LogP contribution in [0.4, 0.5) is 18.9 Å². The van der Waals surface area contributed by atoms with Gasteiger partial charge >= 0.3 is 17.9 Å². The van der Waals surface area contributed by atoms with Crippen molar-refractivity contribution in [2.45, 2.75) is 45.3 Å². The first kappa shape index (κ1) is 22.5. The predicted octanol–water partition coefficient (Wildman–Crippen LogP) is 5.11. The van der Waals surface area contributed by atoms with Crippen LogP contribution in [0.15, 0.2) is 46.1 Å². The number of rotatable bonds is 10. The van der Waals surface area contributed by atoms with E-state index in [1.807, 2.05) is 0 Å². The van der Waals surface area contributed by atoms with E-state index in [-0.39, 0.29) is 29.8 Å². The molecule has 0 radical (unpaired) electrons. The summed E-state index contributed by atoms with van der Waals surface area (Å²) in [6, 6.07) is 5.72. The minimum Gasteiger partial charge on any atom is -0.463 e. The number of esters is 1. The van der Waals surface area contributed by atoms with Crippen LogP contribution in [0.2, 0.25) is 0 Å². The first-order chi connectivity index (χ1) is 13.7. The van der Waals surface area contributed by atoms with Crippen LogP contribution in [0.1, 0.15) is 37.7 Å². The summed E-state index contributed by atoms with van der Waals surface area (Å²) in [5.41, 5.74) is -0.243. The third kappa shape index (κ3) is 6.37. The van der Waals surface area contributed by atoms with Crippen molar-refractivity contribution >= 4 is 22.6 Å². The smallest absolute Gasteiger partial charge is 0.463 e. The Morgan fingerprint density at radius 2 is 1.90 bits per heavy atom. The van der Waals surface area contributed by atoms with Crippen LogP contribution >= 0.6 is 0 Å². The number of nitrogens with zero attached hydrogens (tertiary/aromatic N) is 1. The van der Waals surface area contributed by atoms with Gasteiger partial charge in [0.05, 0.1) is 12.3 Å². The normalized spacial score (nSPS) is 11.4. The molecule has 2 aromatic rings. The zero-order valence-corrected chi connectivity index (χ0v) is 16.3. The Morgan fingerprint density at radius 1 is 1.21 bits per heavy atom. The summed E-state index contributed by atoms with van der Waals surface area (Å²) in [4.78, 5) is 23.0. The molecule has 0 spiro atoms. The maximum absolute atomic E-state index is 13.7. The number of unbranched alkanes of at least 4 members (excludes halogenated alkanes) is 4. The topological polar surface area (TPSA) is 59.8 Å². The van der Waals surface area contributed by atoms with E-state index < -0.39 is 17.9 Å². The van der Waals surface area contributed by atoms with E-state index in [2.05, 4.69) is 6.58 Å². The number of carbonyl (C=O) groups excluding carboxylic acids is 1. The monoisotopic (exact) mass is 411 g/mol. The van der Waals surface area contributed by atoms with Crippen molar-refractivity contribution in [1.82, 2.24) is 0 Å². The highest BCUT2D eigenvalue weighted by Crippen LogP contribution is 2.34. The number of hydrogen-bond donors (Lipinski definition) is 0. The van der Waals surface area contributed by atoms with Gasteiger partial charge in [-0.15, -0.1) is 0 Å². The number of alkyl halides is 3. The SMILES string of the molecule is C=CC(=O)OCCCCCCCN(c1cc(=O)oc2c(C)cccc12)C(F)(F)F. The molecule has 1 aromatic heterocycles. The fourth-order valence-corrected chi connectivity index (χ4v) is 3.05. The first-order valence-electron chi connectivity index (χ1n) is 9.41. The molecular weight excluding hydrogens is 387 g/mol. The molecule has 0 fully saturated rings. The van der Waals surface area contributed by atoms with E-state index in [9.17, 15) is 22.8 Å². The van der Waals surface area contributed by atoms with Crippen LogP contribution < -0.4 is 10.5 Å². The molecule has 0 bridgehead atoms. The number of anilines is 1. The lowest BCUT2D eigenvalue weighted by molar-refractivity contribution is -0.137. The lowest BCUT2D eigenvalue weighted by atomic mass is 10.1. The van der Waals surface area contributed by atoms with Crippen LogP contribution in [-0.4, -0.2) is 25.4 Å². The van der Waals surface area contributed by atoms with Crippen LogP contribution in [0.3, 0.4) is 0 Å².